The van der Waals surface area contributed by atoms with Crippen molar-refractivity contribution >= 4 is 23.2 Å². The molecule has 2 nitrogen and oxygen atoms in total. The lowest BCUT2D eigenvalue weighted by Gasteiger charge is -2.25. The minimum Gasteiger partial charge on any atom is -0.383 e. The zero-order valence-corrected chi connectivity index (χ0v) is 11.3. The minimum atomic E-state index is -0.0717. The second-order valence-electron chi connectivity index (χ2n) is 4.41. The Morgan fingerprint density at radius 1 is 1.31 bits per heavy atom. The number of rotatable bonds is 5. The van der Waals surface area contributed by atoms with E-state index in [2.05, 4.69) is 19.2 Å². The Kier molecular flexibility index (Phi) is 5.06. The molecule has 0 saturated heterocycles. The summed E-state index contributed by atoms with van der Waals surface area (Å²) >= 11 is 11.9. The van der Waals surface area contributed by atoms with Gasteiger partial charge in [0.25, 0.3) is 0 Å². The second kappa shape index (κ2) is 5.87. The van der Waals surface area contributed by atoms with Gasteiger partial charge in [-0.25, -0.2) is 0 Å². The normalized spacial score (nSPS) is 11.8. The summed E-state index contributed by atoms with van der Waals surface area (Å²) in [7, 11) is 1.69. The molecule has 0 aliphatic rings. The number of methoxy groups -OCH3 is 1. The fourth-order valence-corrected chi connectivity index (χ4v) is 1.89. The molecule has 0 aliphatic carbocycles. The SMILES string of the molecule is COCC(C)(C)NCc1ccc(Cl)cc1Cl. The maximum absolute atomic E-state index is 6.08. The average Bonchev–Trinajstić information content (AvgIpc) is 2.16. The summed E-state index contributed by atoms with van der Waals surface area (Å²) < 4.78 is 5.13. The summed E-state index contributed by atoms with van der Waals surface area (Å²) in [6.07, 6.45) is 0. The van der Waals surface area contributed by atoms with Gasteiger partial charge in [0.05, 0.1) is 6.61 Å². The molecule has 1 aromatic carbocycles. The van der Waals surface area contributed by atoms with Crippen LogP contribution in [0.4, 0.5) is 0 Å². The lowest BCUT2D eigenvalue weighted by atomic mass is 10.1. The van der Waals surface area contributed by atoms with Crippen LogP contribution in [0.15, 0.2) is 18.2 Å². The van der Waals surface area contributed by atoms with Crippen LogP contribution in [0, 0.1) is 0 Å². The zero-order chi connectivity index (χ0) is 12.2. The summed E-state index contributed by atoms with van der Waals surface area (Å²) in [5.41, 5.74) is 0.966. The van der Waals surface area contributed by atoms with Crippen LogP contribution in [0.5, 0.6) is 0 Å². The Bertz CT molecular complexity index is 353. The molecule has 0 saturated carbocycles. The quantitative estimate of drug-likeness (QED) is 0.876. The van der Waals surface area contributed by atoms with E-state index in [9.17, 15) is 0 Å². The Morgan fingerprint density at radius 3 is 2.56 bits per heavy atom. The Morgan fingerprint density at radius 2 is 2.00 bits per heavy atom. The van der Waals surface area contributed by atoms with E-state index in [0.717, 1.165) is 5.56 Å². The molecule has 0 aromatic heterocycles. The van der Waals surface area contributed by atoms with Gasteiger partial charge in [0.1, 0.15) is 0 Å². The van der Waals surface area contributed by atoms with Gasteiger partial charge in [-0.15, -0.1) is 0 Å². The standard InChI is InChI=1S/C12H17Cl2NO/c1-12(2,8-16-3)15-7-9-4-5-10(13)6-11(9)14/h4-6,15H,7-8H2,1-3H3. The van der Waals surface area contributed by atoms with Crippen LogP contribution in [-0.4, -0.2) is 19.3 Å². The van der Waals surface area contributed by atoms with Crippen LogP contribution in [0.3, 0.4) is 0 Å². The van der Waals surface area contributed by atoms with E-state index in [-0.39, 0.29) is 5.54 Å². The van der Waals surface area contributed by atoms with Gasteiger partial charge < -0.3 is 10.1 Å². The van der Waals surface area contributed by atoms with Crippen LogP contribution in [0.1, 0.15) is 19.4 Å². The van der Waals surface area contributed by atoms with Crippen molar-refractivity contribution in [3.05, 3.63) is 33.8 Å². The molecular formula is C12H17Cl2NO. The summed E-state index contributed by atoms with van der Waals surface area (Å²) in [4.78, 5) is 0. The highest BCUT2D eigenvalue weighted by Gasteiger charge is 2.16. The molecule has 0 radical (unpaired) electrons. The largest absolute Gasteiger partial charge is 0.383 e. The highest BCUT2D eigenvalue weighted by Crippen LogP contribution is 2.21. The summed E-state index contributed by atoms with van der Waals surface area (Å²) in [6, 6.07) is 5.53. The molecule has 90 valence electrons. The summed E-state index contributed by atoms with van der Waals surface area (Å²) in [5, 5.41) is 4.73. The number of benzene rings is 1. The van der Waals surface area contributed by atoms with E-state index in [0.29, 0.717) is 23.2 Å². The van der Waals surface area contributed by atoms with Gasteiger partial charge in [-0.1, -0.05) is 29.3 Å². The number of nitrogens with one attached hydrogen (secondary N) is 1. The van der Waals surface area contributed by atoms with Crippen molar-refractivity contribution in [2.45, 2.75) is 25.9 Å². The maximum Gasteiger partial charge on any atom is 0.0639 e. The van der Waals surface area contributed by atoms with Crippen molar-refractivity contribution in [3.63, 3.8) is 0 Å². The average molecular weight is 262 g/mol. The molecule has 0 amide bonds. The van der Waals surface area contributed by atoms with Crippen molar-refractivity contribution in [2.24, 2.45) is 0 Å². The monoisotopic (exact) mass is 261 g/mol. The molecule has 0 aliphatic heterocycles. The van der Waals surface area contributed by atoms with Gasteiger partial charge in [-0.05, 0) is 31.5 Å². The minimum absolute atomic E-state index is 0.0717. The van der Waals surface area contributed by atoms with Crippen molar-refractivity contribution in [3.8, 4) is 0 Å². The van der Waals surface area contributed by atoms with Crippen molar-refractivity contribution in [2.75, 3.05) is 13.7 Å². The van der Waals surface area contributed by atoms with Gasteiger partial charge in [0, 0.05) is 29.2 Å². The third kappa shape index (κ3) is 4.30. The predicted octanol–water partition coefficient (Wildman–Crippen LogP) is 3.51. The molecule has 0 atom stereocenters. The van der Waals surface area contributed by atoms with Gasteiger partial charge in [0.2, 0.25) is 0 Å². The molecule has 1 N–H and O–H groups in total. The number of ether oxygens (including phenoxy) is 1. The maximum atomic E-state index is 6.08. The summed E-state index contributed by atoms with van der Waals surface area (Å²) in [5.74, 6) is 0. The van der Waals surface area contributed by atoms with E-state index in [4.69, 9.17) is 27.9 Å². The van der Waals surface area contributed by atoms with Crippen LogP contribution in [0.2, 0.25) is 10.0 Å². The molecule has 0 heterocycles. The first kappa shape index (κ1) is 13.8. The van der Waals surface area contributed by atoms with Gasteiger partial charge in [-0.2, -0.15) is 0 Å². The first-order chi connectivity index (χ1) is 7.44. The highest BCUT2D eigenvalue weighted by atomic mass is 35.5. The highest BCUT2D eigenvalue weighted by molar-refractivity contribution is 6.35. The molecule has 0 unspecified atom stereocenters. The molecular weight excluding hydrogens is 245 g/mol. The first-order valence-electron chi connectivity index (χ1n) is 5.12. The fraction of sp³-hybridized carbons (Fsp3) is 0.500. The molecule has 1 rings (SSSR count). The smallest absolute Gasteiger partial charge is 0.0639 e. The summed E-state index contributed by atoms with van der Waals surface area (Å²) in [6.45, 7) is 5.52. The van der Waals surface area contributed by atoms with Crippen LogP contribution < -0.4 is 5.32 Å². The van der Waals surface area contributed by atoms with Crippen LogP contribution >= 0.6 is 23.2 Å². The van der Waals surface area contributed by atoms with E-state index in [1.807, 2.05) is 12.1 Å². The number of hydrogen-bond acceptors (Lipinski definition) is 2. The fourth-order valence-electron chi connectivity index (χ4n) is 1.41. The molecule has 16 heavy (non-hydrogen) atoms. The molecule has 4 heteroatoms. The lowest BCUT2D eigenvalue weighted by molar-refractivity contribution is 0.128. The molecule has 0 bridgehead atoms. The lowest BCUT2D eigenvalue weighted by Crippen LogP contribution is -2.42. The van der Waals surface area contributed by atoms with E-state index in [1.165, 1.54) is 0 Å². The zero-order valence-electron chi connectivity index (χ0n) is 9.81. The second-order valence-corrected chi connectivity index (χ2v) is 5.25. The van der Waals surface area contributed by atoms with Crippen LogP contribution in [0.25, 0.3) is 0 Å². The Labute approximate surface area is 107 Å². The van der Waals surface area contributed by atoms with Crippen LogP contribution in [-0.2, 0) is 11.3 Å². The Hall–Kier alpha value is -0.280. The van der Waals surface area contributed by atoms with Crippen molar-refractivity contribution in [1.29, 1.82) is 0 Å². The predicted molar refractivity (Wildman–Crippen MR) is 69.3 cm³/mol. The van der Waals surface area contributed by atoms with Crippen molar-refractivity contribution < 1.29 is 4.74 Å². The van der Waals surface area contributed by atoms with Gasteiger partial charge in [0.15, 0.2) is 0 Å². The van der Waals surface area contributed by atoms with E-state index in [1.54, 1.807) is 13.2 Å². The molecule has 1 aromatic rings. The first-order valence-corrected chi connectivity index (χ1v) is 5.88. The van der Waals surface area contributed by atoms with Gasteiger partial charge in [-0.3, -0.25) is 0 Å². The molecule has 0 spiro atoms. The third-order valence-electron chi connectivity index (χ3n) is 2.28. The third-order valence-corrected chi connectivity index (χ3v) is 2.86. The number of halogens is 2. The van der Waals surface area contributed by atoms with E-state index < -0.39 is 0 Å². The molecule has 0 fully saturated rings. The number of hydrogen-bond donors (Lipinski definition) is 1. The van der Waals surface area contributed by atoms with E-state index >= 15 is 0 Å². The van der Waals surface area contributed by atoms with Gasteiger partial charge >= 0.3 is 0 Å². The Balaban J connectivity index is 2.61. The topological polar surface area (TPSA) is 21.3 Å². The van der Waals surface area contributed by atoms with Crippen molar-refractivity contribution in [1.82, 2.24) is 5.32 Å².